The number of nitrogens with zero attached hydrogens (tertiary/aromatic N) is 2. The number of aromatic amines is 1. The summed E-state index contributed by atoms with van der Waals surface area (Å²) in [6.45, 7) is -0.345. The van der Waals surface area contributed by atoms with Gasteiger partial charge in [-0.05, 0) is 0 Å². The summed E-state index contributed by atoms with van der Waals surface area (Å²) in [5.74, 6) is 0.144. The van der Waals surface area contributed by atoms with Gasteiger partial charge in [-0.15, -0.1) is 5.10 Å². The molecule has 62 valence electrons. The van der Waals surface area contributed by atoms with Crippen LogP contribution < -0.4 is 0 Å². The molecule has 0 radical (unpaired) electrons. The minimum absolute atomic E-state index is 0.144. The van der Waals surface area contributed by atoms with E-state index in [0.29, 0.717) is 0 Å². The number of aliphatic hydroxyl groups excluding tert-OH is 1. The number of H-pyrrole nitrogens is 1. The van der Waals surface area contributed by atoms with Crippen LogP contribution in [0.15, 0.2) is 5.16 Å². The van der Waals surface area contributed by atoms with Crippen LogP contribution in [-0.4, -0.2) is 35.0 Å². The van der Waals surface area contributed by atoms with E-state index in [-0.39, 0.29) is 17.6 Å². The van der Waals surface area contributed by atoms with Crippen LogP contribution in [0.3, 0.4) is 0 Å². The van der Waals surface area contributed by atoms with Gasteiger partial charge in [0.2, 0.25) is 9.84 Å². The van der Waals surface area contributed by atoms with Crippen molar-refractivity contribution in [3.8, 4) is 0 Å². The summed E-state index contributed by atoms with van der Waals surface area (Å²) >= 11 is 0. The second kappa shape index (κ2) is 2.59. The summed E-state index contributed by atoms with van der Waals surface area (Å²) < 4.78 is 21.5. The third-order valence-corrected chi connectivity index (χ3v) is 1.84. The van der Waals surface area contributed by atoms with Crippen molar-refractivity contribution in [2.24, 2.45) is 0 Å². The minimum Gasteiger partial charge on any atom is -0.388 e. The Hall–Kier alpha value is -0.950. The number of aliphatic hydroxyl groups is 1. The first-order valence-electron chi connectivity index (χ1n) is 2.76. The van der Waals surface area contributed by atoms with E-state index in [0.717, 1.165) is 6.26 Å². The number of rotatable bonds is 2. The summed E-state index contributed by atoms with van der Waals surface area (Å²) in [7, 11) is -3.36. The predicted octanol–water partition coefficient (Wildman–Crippen LogP) is -1.30. The van der Waals surface area contributed by atoms with Crippen LogP contribution in [0, 0.1) is 0 Å². The summed E-state index contributed by atoms with van der Waals surface area (Å²) in [6, 6.07) is 0. The van der Waals surface area contributed by atoms with Gasteiger partial charge >= 0.3 is 0 Å². The maximum Gasteiger partial charge on any atom is 0.266 e. The van der Waals surface area contributed by atoms with E-state index in [2.05, 4.69) is 15.2 Å². The quantitative estimate of drug-likeness (QED) is 0.585. The lowest BCUT2D eigenvalue weighted by atomic mass is 10.7. The summed E-state index contributed by atoms with van der Waals surface area (Å²) in [5, 5.41) is 13.8. The molecule has 2 N–H and O–H groups in total. The molecule has 0 saturated carbocycles. The molecule has 0 bridgehead atoms. The van der Waals surface area contributed by atoms with Gasteiger partial charge in [0.1, 0.15) is 6.61 Å². The van der Waals surface area contributed by atoms with Crippen molar-refractivity contribution in [3.63, 3.8) is 0 Å². The van der Waals surface area contributed by atoms with Gasteiger partial charge in [0.05, 0.1) is 0 Å². The van der Waals surface area contributed by atoms with E-state index in [1.54, 1.807) is 0 Å². The molecule has 0 atom stereocenters. The van der Waals surface area contributed by atoms with Crippen LogP contribution in [-0.2, 0) is 16.4 Å². The largest absolute Gasteiger partial charge is 0.388 e. The molecule has 0 unspecified atom stereocenters. The third-order valence-electron chi connectivity index (χ3n) is 0.993. The Morgan fingerprint density at radius 1 is 1.64 bits per heavy atom. The molecule has 6 nitrogen and oxygen atoms in total. The average molecular weight is 177 g/mol. The Morgan fingerprint density at radius 2 is 2.27 bits per heavy atom. The first-order valence-corrected chi connectivity index (χ1v) is 4.65. The average Bonchev–Trinajstić information content (AvgIpc) is 2.32. The molecule has 11 heavy (non-hydrogen) atoms. The van der Waals surface area contributed by atoms with E-state index in [1.807, 2.05) is 0 Å². The van der Waals surface area contributed by atoms with Gasteiger partial charge in [0, 0.05) is 6.26 Å². The van der Waals surface area contributed by atoms with E-state index in [1.165, 1.54) is 0 Å². The zero-order valence-corrected chi connectivity index (χ0v) is 6.59. The molecule has 0 fully saturated rings. The van der Waals surface area contributed by atoms with Crippen LogP contribution in [0.25, 0.3) is 0 Å². The molecule has 1 heterocycles. The van der Waals surface area contributed by atoms with Crippen LogP contribution in [0.5, 0.6) is 0 Å². The van der Waals surface area contributed by atoms with Gasteiger partial charge in [-0.3, -0.25) is 5.10 Å². The van der Waals surface area contributed by atoms with Crippen molar-refractivity contribution in [1.29, 1.82) is 0 Å². The molecule has 0 aliphatic rings. The van der Waals surface area contributed by atoms with Crippen LogP contribution in [0.1, 0.15) is 5.82 Å². The zero-order valence-electron chi connectivity index (χ0n) is 5.77. The molecule has 0 aromatic carbocycles. The van der Waals surface area contributed by atoms with Gasteiger partial charge in [0.15, 0.2) is 5.82 Å². The van der Waals surface area contributed by atoms with Gasteiger partial charge in [-0.2, -0.15) is 4.98 Å². The molecule has 1 aromatic heterocycles. The summed E-state index contributed by atoms with van der Waals surface area (Å²) in [5.41, 5.74) is 0. The Morgan fingerprint density at radius 3 is 2.55 bits per heavy atom. The van der Waals surface area contributed by atoms with Gasteiger partial charge in [-0.25, -0.2) is 8.42 Å². The monoisotopic (exact) mass is 177 g/mol. The van der Waals surface area contributed by atoms with Gasteiger partial charge in [-0.1, -0.05) is 0 Å². The second-order valence-electron chi connectivity index (χ2n) is 1.99. The first-order chi connectivity index (χ1) is 5.04. The zero-order chi connectivity index (χ0) is 8.48. The molecule has 0 aliphatic heterocycles. The highest BCUT2D eigenvalue weighted by molar-refractivity contribution is 7.90. The Balaban J connectivity index is 3.09. The predicted molar refractivity (Wildman–Crippen MR) is 35.4 cm³/mol. The first kappa shape index (κ1) is 8.15. The third kappa shape index (κ3) is 1.75. The van der Waals surface area contributed by atoms with Crippen molar-refractivity contribution in [2.45, 2.75) is 11.8 Å². The lowest BCUT2D eigenvalue weighted by Gasteiger charge is -1.84. The summed E-state index contributed by atoms with van der Waals surface area (Å²) in [4.78, 5) is 3.50. The number of hydrogen-bond donors (Lipinski definition) is 2. The number of nitrogens with one attached hydrogen (secondary N) is 1. The lowest BCUT2D eigenvalue weighted by Crippen LogP contribution is -1.99. The SMILES string of the molecule is CS(=O)(=O)c1n[nH]c(CO)n1. The summed E-state index contributed by atoms with van der Waals surface area (Å²) in [6.07, 6.45) is 0.997. The van der Waals surface area contributed by atoms with Gasteiger partial charge in [0.25, 0.3) is 5.16 Å². The molecule has 0 spiro atoms. The molecule has 1 aromatic rings. The van der Waals surface area contributed by atoms with E-state index in [4.69, 9.17) is 5.11 Å². The second-order valence-corrected chi connectivity index (χ2v) is 3.90. The standard InChI is InChI=1S/C4H7N3O3S/c1-11(9,10)4-5-3(2-8)6-7-4/h8H,2H2,1H3,(H,5,6,7). The molecule has 7 heteroatoms. The maximum atomic E-state index is 10.7. The van der Waals surface area contributed by atoms with E-state index >= 15 is 0 Å². The van der Waals surface area contributed by atoms with Crippen LogP contribution in [0.4, 0.5) is 0 Å². The lowest BCUT2D eigenvalue weighted by molar-refractivity contribution is 0.271. The highest BCUT2D eigenvalue weighted by atomic mass is 32.2. The normalized spacial score (nSPS) is 11.8. The molecule has 0 aliphatic carbocycles. The van der Waals surface area contributed by atoms with Crippen molar-refractivity contribution in [2.75, 3.05) is 6.26 Å². The number of aromatic nitrogens is 3. The van der Waals surface area contributed by atoms with Gasteiger partial charge < -0.3 is 5.11 Å². The van der Waals surface area contributed by atoms with E-state index in [9.17, 15) is 8.42 Å². The smallest absolute Gasteiger partial charge is 0.266 e. The molecule has 0 amide bonds. The topological polar surface area (TPSA) is 95.9 Å². The van der Waals surface area contributed by atoms with Crippen molar-refractivity contribution in [1.82, 2.24) is 15.2 Å². The number of sulfone groups is 1. The minimum atomic E-state index is -3.36. The maximum absolute atomic E-state index is 10.7. The highest BCUT2D eigenvalue weighted by Crippen LogP contribution is 1.99. The highest BCUT2D eigenvalue weighted by Gasteiger charge is 2.12. The Kier molecular flexibility index (Phi) is 1.92. The molecule has 0 saturated heterocycles. The molecular formula is C4H7N3O3S. The fourth-order valence-electron chi connectivity index (χ4n) is 0.514. The number of hydrogen-bond acceptors (Lipinski definition) is 5. The Bertz CT molecular complexity index is 341. The van der Waals surface area contributed by atoms with Crippen molar-refractivity contribution in [3.05, 3.63) is 5.82 Å². The van der Waals surface area contributed by atoms with Crippen LogP contribution >= 0.6 is 0 Å². The van der Waals surface area contributed by atoms with Crippen molar-refractivity contribution >= 4 is 9.84 Å². The molecular weight excluding hydrogens is 170 g/mol. The van der Waals surface area contributed by atoms with Crippen LogP contribution in [0.2, 0.25) is 0 Å². The fraction of sp³-hybridized carbons (Fsp3) is 0.500. The van der Waals surface area contributed by atoms with E-state index < -0.39 is 9.84 Å². The molecule has 1 rings (SSSR count). The van der Waals surface area contributed by atoms with Crippen molar-refractivity contribution < 1.29 is 13.5 Å². The Labute approximate surface area is 63.2 Å². The fourth-order valence-corrected chi connectivity index (χ4v) is 1.00.